The van der Waals surface area contributed by atoms with E-state index in [1.165, 1.54) is 18.5 Å². The molecule has 4 nitrogen and oxygen atoms in total. The number of aryl methyl sites for hydroxylation is 1. The van der Waals surface area contributed by atoms with Gasteiger partial charge in [-0.05, 0) is 19.1 Å². The molecule has 2 heterocycles. The van der Waals surface area contributed by atoms with Gasteiger partial charge in [-0.3, -0.25) is 0 Å². The van der Waals surface area contributed by atoms with Crippen molar-refractivity contribution in [2.45, 2.75) is 13.1 Å². The van der Waals surface area contributed by atoms with Gasteiger partial charge in [0.15, 0.2) is 5.82 Å². The van der Waals surface area contributed by atoms with Crippen LogP contribution in [-0.4, -0.2) is 20.0 Å². The first-order chi connectivity index (χ1) is 7.48. The molecule has 0 aromatic carbocycles. The second-order valence-corrected chi connectivity index (χ2v) is 3.14. The van der Waals surface area contributed by atoms with Crippen molar-refractivity contribution in [1.29, 1.82) is 0 Å². The summed E-state index contributed by atoms with van der Waals surface area (Å²) in [5.74, 6) is -0.308. The van der Waals surface area contributed by atoms with Crippen molar-refractivity contribution in [3.63, 3.8) is 0 Å². The van der Waals surface area contributed by atoms with Gasteiger partial charge in [0.1, 0.15) is 5.56 Å². The van der Waals surface area contributed by atoms with Gasteiger partial charge >= 0.3 is 6.18 Å². The van der Waals surface area contributed by atoms with E-state index in [4.69, 9.17) is 0 Å². The summed E-state index contributed by atoms with van der Waals surface area (Å²) in [4.78, 5) is 4.66. The molecular weight excluding hydrogens is 221 g/mol. The van der Waals surface area contributed by atoms with Crippen LogP contribution in [0.4, 0.5) is 13.2 Å². The molecule has 0 aliphatic heterocycles. The van der Waals surface area contributed by atoms with Gasteiger partial charge in [0.2, 0.25) is 0 Å². The zero-order chi connectivity index (χ0) is 11.8. The summed E-state index contributed by atoms with van der Waals surface area (Å²) >= 11 is 0. The molecule has 2 aromatic rings. The highest BCUT2D eigenvalue weighted by molar-refractivity contribution is 5.35. The minimum atomic E-state index is -4.47. The van der Waals surface area contributed by atoms with Crippen molar-refractivity contribution in [2.75, 3.05) is 0 Å². The summed E-state index contributed by atoms with van der Waals surface area (Å²) in [6.07, 6.45) is -1.88. The van der Waals surface area contributed by atoms with Crippen molar-refractivity contribution < 1.29 is 13.2 Å². The van der Waals surface area contributed by atoms with E-state index in [1.807, 2.05) is 0 Å². The van der Waals surface area contributed by atoms with Crippen molar-refractivity contribution in [3.05, 3.63) is 35.8 Å². The van der Waals surface area contributed by atoms with E-state index in [9.17, 15) is 13.2 Å². The van der Waals surface area contributed by atoms with Crippen molar-refractivity contribution >= 4 is 0 Å². The van der Waals surface area contributed by atoms with Crippen LogP contribution in [-0.2, 0) is 6.18 Å². The topological polar surface area (TPSA) is 43.6 Å². The van der Waals surface area contributed by atoms with Crippen molar-refractivity contribution in [2.24, 2.45) is 0 Å². The molecule has 0 aliphatic rings. The van der Waals surface area contributed by atoms with Gasteiger partial charge in [-0.2, -0.15) is 23.4 Å². The molecule has 16 heavy (non-hydrogen) atoms. The lowest BCUT2D eigenvalue weighted by atomic mass is 10.2. The Labute approximate surface area is 88.7 Å². The number of hydrogen-bond acceptors (Lipinski definition) is 3. The van der Waals surface area contributed by atoms with Crippen LogP contribution in [0.5, 0.6) is 0 Å². The lowest BCUT2D eigenvalue weighted by Crippen LogP contribution is -2.14. The predicted molar refractivity (Wildman–Crippen MR) is 48.9 cm³/mol. The second-order valence-electron chi connectivity index (χ2n) is 3.14. The van der Waals surface area contributed by atoms with E-state index in [0.29, 0.717) is 5.69 Å². The number of rotatable bonds is 1. The molecule has 0 aliphatic carbocycles. The first kappa shape index (κ1) is 10.6. The van der Waals surface area contributed by atoms with Crippen molar-refractivity contribution in [1.82, 2.24) is 20.0 Å². The van der Waals surface area contributed by atoms with Crippen LogP contribution in [0.1, 0.15) is 11.3 Å². The minimum Gasteiger partial charge on any atom is -0.232 e. The number of aromatic nitrogens is 4. The molecule has 0 N–H and O–H groups in total. The largest absolute Gasteiger partial charge is 0.420 e. The molecule has 7 heteroatoms. The SMILES string of the molecule is Cc1ccc(C(F)(F)F)c(-n2nccn2)n1. The lowest BCUT2D eigenvalue weighted by molar-refractivity contribution is -0.137. The highest BCUT2D eigenvalue weighted by Gasteiger charge is 2.35. The van der Waals surface area contributed by atoms with E-state index in [1.54, 1.807) is 6.92 Å². The Morgan fingerprint density at radius 2 is 1.75 bits per heavy atom. The van der Waals surface area contributed by atoms with Gasteiger partial charge in [0.25, 0.3) is 0 Å². The molecule has 0 fully saturated rings. The number of alkyl halides is 3. The molecule has 0 unspecified atom stereocenters. The molecule has 84 valence electrons. The van der Waals surface area contributed by atoms with E-state index in [0.717, 1.165) is 10.9 Å². The summed E-state index contributed by atoms with van der Waals surface area (Å²) in [5, 5.41) is 7.29. The Morgan fingerprint density at radius 3 is 2.31 bits per heavy atom. The minimum absolute atomic E-state index is 0.308. The van der Waals surface area contributed by atoms with Gasteiger partial charge in [-0.25, -0.2) is 4.98 Å². The Hall–Kier alpha value is -1.92. The third-order valence-corrected chi connectivity index (χ3v) is 1.93. The maximum Gasteiger partial charge on any atom is 0.420 e. The fraction of sp³-hybridized carbons (Fsp3) is 0.222. The van der Waals surface area contributed by atoms with Gasteiger partial charge < -0.3 is 0 Å². The van der Waals surface area contributed by atoms with Crippen LogP contribution in [0, 0.1) is 6.92 Å². The number of nitrogens with zero attached hydrogens (tertiary/aromatic N) is 4. The number of halogens is 3. The van der Waals surface area contributed by atoms with Crippen LogP contribution >= 0.6 is 0 Å². The summed E-state index contributed by atoms with van der Waals surface area (Å²) in [7, 11) is 0. The second kappa shape index (κ2) is 3.58. The Balaban J connectivity index is 2.63. The average molecular weight is 228 g/mol. The first-order valence-electron chi connectivity index (χ1n) is 4.40. The van der Waals surface area contributed by atoms with Crippen LogP contribution in [0.2, 0.25) is 0 Å². The van der Waals surface area contributed by atoms with Crippen LogP contribution in [0.25, 0.3) is 5.82 Å². The fourth-order valence-corrected chi connectivity index (χ4v) is 1.24. The third-order valence-electron chi connectivity index (χ3n) is 1.93. The number of hydrogen-bond donors (Lipinski definition) is 0. The molecule has 0 amide bonds. The van der Waals surface area contributed by atoms with E-state index in [2.05, 4.69) is 15.2 Å². The normalized spacial score (nSPS) is 11.8. The van der Waals surface area contributed by atoms with Crippen LogP contribution < -0.4 is 0 Å². The predicted octanol–water partition coefficient (Wildman–Crippen LogP) is 1.99. The maximum atomic E-state index is 12.7. The van der Waals surface area contributed by atoms with Crippen molar-refractivity contribution in [3.8, 4) is 5.82 Å². The summed E-state index contributed by atoms with van der Waals surface area (Å²) < 4.78 is 38.0. The van der Waals surface area contributed by atoms with Gasteiger partial charge in [0.05, 0.1) is 12.4 Å². The standard InChI is InChI=1S/C9H7F3N4/c1-6-2-3-7(9(10,11)12)8(15-6)16-13-4-5-14-16/h2-5H,1H3. The van der Waals surface area contributed by atoms with Gasteiger partial charge in [0, 0.05) is 5.69 Å². The van der Waals surface area contributed by atoms with Crippen LogP contribution in [0.15, 0.2) is 24.5 Å². The van der Waals surface area contributed by atoms with E-state index >= 15 is 0 Å². The third kappa shape index (κ3) is 1.88. The molecule has 2 rings (SSSR count). The van der Waals surface area contributed by atoms with Crippen LogP contribution in [0.3, 0.4) is 0 Å². The quantitative estimate of drug-likeness (QED) is 0.749. The Bertz CT molecular complexity index is 490. The molecule has 0 saturated carbocycles. The maximum absolute atomic E-state index is 12.7. The van der Waals surface area contributed by atoms with E-state index < -0.39 is 11.7 Å². The molecule has 0 radical (unpaired) electrons. The molecule has 0 atom stereocenters. The zero-order valence-electron chi connectivity index (χ0n) is 8.23. The van der Waals surface area contributed by atoms with Gasteiger partial charge in [-0.15, -0.1) is 4.80 Å². The summed E-state index contributed by atoms with van der Waals surface area (Å²) in [6, 6.07) is 2.27. The summed E-state index contributed by atoms with van der Waals surface area (Å²) in [6.45, 7) is 1.60. The first-order valence-corrected chi connectivity index (χ1v) is 4.40. The Morgan fingerprint density at radius 1 is 1.12 bits per heavy atom. The average Bonchev–Trinajstić information content (AvgIpc) is 2.68. The summed E-state index contributed by atoms with van der Waals surface area (Å²) in [5.41, 5.74) is -0.380. The number of pyridine rings is 1. The zero-order valence-corrected chi connectivity index (χ0v) is 8.23. The lowest BCUT2D eigenvalue weighted by Gasteiger charge is -2.11. The molecule has 0 spiro atoms. The molecule has 0 bridgehead atoms. The fourth-order valence-electron chi connectivity index (χ4n) is 1.24. The molecule has 0 saturated heterocycles. The van der Waals surface area contributed by atoms with E-state index in [-0.39, 0.29) is 5.82 Å². The molecule has 2 aromatic heterocycles. The monoisotopic (exact) mass is 228 g/mol. The Kier molecular flexibility index (Phi) is 2.37. The molecular formula is C9H7F3N4. The smallest absolute Gasteiger partial charge is 0.232 e. The van der Waals surface area contributed by atoms with Gasteiger partial charge in [-0.1, -0.05) is 0 Å². The highest BCUT2D eigenvalue weighted by Crippen LogP contribution is 2.32. The highest BCUT2D eigenvalue weighted by atomic mass is 19.4.